The summed E-state index contributed by atoms with van der Waals surface area (Å²) in [5.74, 6) is -0.988. The summed E-state index contributed by atoms with van der Waals surface area (Å²) in [4.78, 5) is 24.3. The Kier molecular flexibility index (Phi) is 9.09. The van der Waals surface area contributed by atoms with Crippen molar-refractivity contribution in [1.29, 1.82) is 0 Å². The van der Waals surface area contributed by atoms with Gasteiger partial charge in [-0.1, -0.05) is 50.3 Å². The van der Waals surface area contributed by atoms with E-state index in [-0.39, 0.29) is 18.6 Å². The second kappa shape index (κ2) is 11.6. The average molecular weight is 373 g/mol. The number of rotatable bonds is 10. The van der Waals surface area contributed by atoms with Crippen LogP contribution in [-0.4, -0.2) is 24.1 Å². The van der Waals surface area contributed by atoms with E-state index >= 15 is 0 Å². The second-order valence-electron chi connectivity index (χ2n) is 7.01. The molecule has 0 aliphatic heterocycles. The number of carbonyl (C=O) groups is 2. The summed E-state index contributed by atoms with van der Waals surface area (Å²) >= 11 is 0. The van der Waals surface area contributed by atoms with Crippen molar-refractivity contribution in [2.24, 2.45) is 0 Å². The van der Waals surface area contributed by atoms with Crippen molar-refractivity contribution in [1.82, 2.24) is 0 Å². The third-order valence-electron chi connectivity index (χ3n) is 4.85. The van der Waals surface area contributed by atoms with E-state index in [2.05, 4.69) is 50.3 Å². The summed E-state index contributed by atoms with van der Waals surface area (Å²) in [5.41, 5.74) is 2.26. The minimum Gasteiger partial charge on any atom is -0.457 e. The minimum atomic E-state index is -0.494. The van der Waals surface area contributed by atoms with Gasteiger partial charge in [-0.25, -0.2) is 0 Å². The molecule has 0 fully saturated rings. The maximum Gasteiger partial charge on any atom is 0.317 e. The number of esters is 2. The van der Waals surface area contributed by atoms with Crippen LogP contribution >= 0.6 is 0 Å². The van der Waals surface area contributed by atoms with Gasteiger partial charge in [-0.2, -0.15) is 0 Å². The molecule has 0 aromatic heterocycles. The Hall–Kier alpha value is -2.10. The molecule has 2 rings (SSSR count). The lowest BCUT2D eigenvalue weighted by Gasteiger charge is -2.17. The van der Waals surface area contributed by atoms with E-state index in [1.165, 1.54) is 0 Å². The second-order valence-corrected chi connectivity index (χ2v) is 7.01. The van der Waals surface area contributed by atoms with E-state index < -0.39 is 11.9 Å². The number of hydrogen-bond donors (Lipinski definition) is 0. The van der Waals surface area contributed by atoms with Crippen molar-refractivity contribution in [2.45, 2.75) is 83.8 Å². The van der Waals surface area contributed by atoms with Crippen LogP contribution in [0.3, 0.4) is 0 Å². The van der Waals surface area contributed by atoms with Crippen molar-refractivity contribution >= 4 is 11.9 Å². The van der Waals surface area contributed by atoms with Crippen LogP contribution in [0.5, 0.6) is 0 Å². The normalized spacial score (nSPS) is 22.3. The summed E-state index contributed by atoms with van der Waals surface area (Å²) in [6.45, 7) is 4.18. The maximum absolute atomic E-state index is 12.2. The molecule has 148 valence electrons. The average Bonchev–Trinajstić information content (AvgIpc) is 3.25. The van der Waals surface area contributed by atoms with Gasteiger partial charge in [0, 0.05) is 0 Å². The molecule has 0 radical (unpaired) electrons. The van der Waals surface area contributed by atoms with Crippen LogP contribution in [0.15, 0.2) is 47.6 Å². The van der Waals surface area contributed by atoms with Gasteiger partial charge < -0.3 is 9.47 Å². The highest BCUT2D eigenvalue weighted by molar-refractivity contribution is 5.91. The summed E-state index contributed by atoms with van der Waals surface area (Å²) < 4.78 is 11.1. The molecule has 0 aromatic rings. The van der Waals surface area contributed by atoms with Crippen molar-refractivity contribution < 1.29 is 19.1 Å². The highest BCUT2D eigenvalue weighted by Crippen LogP contribution is 2.27. The Bertz CT molecular complexity index is 570. The zero-order chi connectivity index (χ0) is 19.5. The van der Waals surface area contributed by atoms with Crippen molar-refractivity contribution in [2.75, 3.05) is 0 Å². The molecule has 4 heteroatoms. The van der Waals surface area contributed by atoms with Gasteiger partial charge in [0.25, 0.3) is 0 Å². The quantitative estimate of drug-likeness (QED) is 0.294. The van der Waals surface area contributed by atoms with Crippen LogP contribution < -0.4 is 0 Å². The number of carbonyl (C=O) groups excluding carboxylic acids is 2. The SMILES string of the molecule is CC/C=C\CC1=CCC[C@H]1OC(=O)CC(=O)O[C@@H]1CCC=C1C/C=C\CC. The monoisotopic (exact) mass is 372 g/mol. The molecule has 2 atom stereocenters. The van der Waals surface area contributed by atoms with Gasteiger partial charge in [-0.05, 0) is 62.5 Å². The molecule has 2 aliphatic rings. The minimum absolute atomic E-state index is 0.201. The first-order valence-electron chi connectivity index (χ1n) is 10.2. The van der Waals surface area contributed by atoms with Gasteiger partial charge in [0.1, 0.15) is 18.6 Å². The third-order valence-corrected chi connectivity index (χ3v) is 4.85. The number of ether oxygens (including phenoxy) is 2. The number of allylic oxidation sites excluding steroid dienone is 6. The van der Waals surface area contributed by atoms with Crippen LogP contribution in [0.2, 0.25) is 0 Å². The van der Waals surface area contributed by atoms with Crippen LogP contribution in [0, 0.1) is 0 Å². The molecule has 27 heavy (non-hydrogen) atoms. The van der Waals surface area contributed by atoms with Gasteiger partial charge in [0.05, 0.1) is 0 Å². The Labute approximate surface area is 163 Å². The van der Waals surface area contributed by atoms with Crippen molar-refractivity contribution in [3.63, 3.8) is 0 Å². The van der Waals surface area contributed by atoms with Gasteiger partial charge in [0.15, 0.2) is 0 Å². The van der Waals surface area contributed by atoms with Crippen LogP contribution in [-0.2, 0) is 19.1 Å². The lowest BCUT2D eigenvalue weighted by Crippen LogP contribution is -2.24. The predicted octanol–water partition coefficient (Wildman–Crippen LogP) is 5.35. The highest BCUT2D eigenvalue weighted by Gasteiger charge is 2.26. The summed E-state index contributed by atoms with van der Waals surface area (Å²) in [5, 5.41) is 0. The lowest BCUT2D eigenvalue weighted by atomic mass is 10.1. The summed E-state index contributed by atoms with van der Waals surface area (Å²) in [6, 6.07) is 0. The van der Waals surface area contributed by atoms with Crippen LogP contribution in [0.1, 0.15) is 71.6 Å². The molecule has 0 amide bonds. The first kappa shape index (κ1) is 21.2. The molecule has 0 bridgehead atoms. The topological polar surface area (TPSA) is 52.6 Å². The zero-order valence-corrected chi connectivity index (χ0v) is 16.6. The smallest absolute Gasteiger partial charge is 0.317 e. The lowest BCUT2D eigenvalue weighted by molar-refractivity contribution is -0.158. The van der Waals surface area contributed by atoms with E-state index in [1.54, 1.807) is 0 Å². The molecule has 0 saturated heterocycles. The highest BCUT2D eigenvalue weighted by atomic mass is 16.6. The fraction of sp³-hybridized carbons (Fsp3) is 0.565. The Morgan fingerprint density at radius 2 is 1.30 bits per heavy atom. The first-order chi connectivity index (χ1) is 13.1. The van der Waals surface area contributed by atoms with Gasteiger partial charge >= 0.3 is 11.9 Å². The summed E-state index contributed by atoms with van der Waals surface area (Å²) in [6.07, 6.45) is 19.0. The van der Waals surface area contributed by atoms with Crippen molar-refractivity contribution in [3.05, 3.63) is 47.6 Å². The molecule has 0 spiro atoms. The Morgan fingerprint density at radius 3 is 1.70 bits per heavy atom. The van der Waals surface area contributed by atoms with Crippen molar-refractivity contribution in [3.8, 4) is 0 Å². The van der Waals surface area contributed by atoms with Crippen LogP contribution in [0.25, 0.3) is 0 Å². The molecule has 0 saturated carbocycles. The summed E-state index contributed by atoms with van der Waals surface area (Å²) in [7, 11) is 0. The molecular formula is C23H32O4. The molecule has 0 unspecified atom stereocenters. The molecule has 0 N–H and O–H groups in total. The Morgan fingerprint density at radius 1 is 0.852 bits per heavy atom. The standard InChI is InChI=1S/C23H32O4/c1-3-5-7-11-18-13-9-15-20(18)26-22(24)17-23(25)27-21-16-10-14-19(21)12-8-6-4-2/h5-8,13-14,20-21H,3-4,9-12,15-17H2,1-2H3/b7-5-,8-6-/t20-,21-/m1/s1. The predicted molar refractivity (Wildman–Crippen MR) is 107 cm³/mol. The molecular weight excluding hydrogens is 340 g/mol. The van der Waals surface area contributed by atoms with Gasteiger partial charge in [-0.3, -0.25) is 9.59 Å². The van der Waals surface area contributed by atoms with Gasteiger partial charge in [-0.15, -0.1) is 0 Å². The fourth-order valence-electron chi connectivity index (χ4n) is 3.46. The molecule has 0 heterocycles. The molecule has 2 aliphatic carbocycles. The number of hydrogen-bond acceptors (Lipinski definition) is 4. The van der Waals surface area contributed by atoms with E-state index in [9.17, 15) is 9.59 Å². The third kappa shape index (κ3) is 7.20. The zero-order valence-electron chi connectivity index (χ0n) is 16.6. The van der Waals surface area contributed by atoms with E-state index in [0.29, 0.717) is 0 Å². The van der Waals surface area contributed by atoms with Crippen LogP contribution in [0.4, 0.5) is 0 Å². The fourth-order valence-corrected chi connectivity index (χ4v) is 3.46. The molecule has 0 aromatic carbocycles. The van der Waals surface area contributed by atoms with E-state index in [1.807, 2.05) is 0 Å². The first-order valence-corrected chi connectivity index (χ1v) is 10.2. The van der Waals surface area contributed by atoms with Gasteiger partial charge in [0.2, 0.25) is 0 Å². The molecule has 4 nitrogen and oxygen atoms in total. The van der Waals surface area contributed by atoms with E-state index in [4.69, 9.17) is 9.47 Å². The largest absolute Gasteiger partial charge is 0.457 e. The maximum atomic E-state index is 12.2. The Balaban J connectivity index is 1.76. The van der Waals surface area contributed by atoms with E-state index in [0.717, 1.165) is 62.5 Å².